The lowest BCUT2D eigenvalue weighted by Gasteiger charge is -2.65. The number of esters is 1. The maximum Gasteiger partial charge on any atom is 0.331 e. The predicted molar refractivity (Wildman–Crippen MR) is 225 cm³/mol. The summed E-state index contributed by atoms with van der Waals surface area (Å²) in [6, 6.07) is 0. The van der Waals surface area contributed by atoms with Crippen molar-refractivity contribution in [1.82, 2.24) is 0 Å². The van der Waals surface area contributed by atoms with Crippen LogP contribution in [-0.2, 0) is 47.4 Å². The van der Waals surface area contributed by atoms with Crippen LogP contribution in [0.5, 0.6) is 0 Å². The number of ether oxygens (including phenoxy) is 9. The van der Waals surface area contributed by atoms with Gasteiger partial charge in [-0.3, -0.25) is 0 Å². The highest BCUT2D eigenvalue weighted by atomic mass is 16.8. The van der Waals surface area contributed by atoms with E-state index in [0.717, 1.165) is 44.1 Å². The molecule has 4 saturated heterocycles. The SMILES string of the molecule is CC1OC(OC2CC[C@@]3(C)C(CCC4C3C[C@H](O)[C@]3(C)[C@H](C5=CC(=O)OC5)CCC43O)C2)CC(O)C1OC1CC(O)C(OC2CC(O)C(OC3OC(CO)C(O)C(O)C3O)C(C)O2)C(C)O1. The molecule has 9 rings (SSSR count). The van der Waals surface area contributed by atoms with Crippen molar-refractivity contribution in [2.75, 3.05) is 13.2 Å². The summed E-state index contributed by atoms with van der Waals surface area (Å²) < 4.78 is 53.9. The first kappa shape index (κ1) is 49.5. The summed E-state index contributed by atoms with van der Waals surface area (Å²) >= 11 is 0. The quantitative estimate of drug-likeness (QED) is 0.103. The fraction of sp³-hybridized carbons (Fsp3) is 0.936. The normalized spacial score (nSPS) is 55.3. The van der Waals surface area contributed by atoms with E-state index in [0.29, 0.717) is 18.8 Å². The summed E-state index contributed by atoms with van der Waals surface area (Å²) in [6.45, 7) is 9.11. The Labute approximate surface area is 385 Å². The van der Waals surface area contributed by atoms with Gasteiger partial charge in [-0.2, -0.15) is 0 Å². The van der Waals surface area contributed by atoms with Crippen molar-refractivity contribution in [2.24, 2.45) is 34.5 Å². The van der Waals surface area contributed by atoms with E-state index in [1.54, 1.807) is 19.9 Å². The van der Waals surface area contributed by atoms with Gasteiger partial charge in [0.15, 0.2) is 25.2 Å². The summed E-state index contributed by atoms with van der Waals surface area (Å²) in [4.78, 5) is 12.0. The van der Waals surface area contributed by atoms with Crippen LogP contribution in [0.15, 0.2) is 11.6 Å². The van der Waals surface area contributed by atoms with Crippen LogP contribution in [0.3, 0.4) is 0 Å². The second-order valence-electron chi connectivity index (χ2n) is 21.6. The number of carbonyl (C=O) groups excluding carboxylic acids is 1. The molecule has 5 heterocycles. The molecule has 0 bridgehead atoms. The summed E-state index contributed by atoms with van der Waals surface area (Å²) in [7, 11) is 0. The van der Waals surface area contributed by atoms with Crippen molar-refractivity contribution < 1.29 is 93.4 Å². The Balaban J connectivity index is 0.737. The molecule has 19 nitrogen and oxygen atoms in total. The topological polar surface area (TPSA) is 282 Å². The summed E-state index contributed by atoms with van der Waals surface area (Å²) in [6.07, 6.45) is -10.8. The van der Waals surface area contributed by atoms with Crippen LogP contribution in [0.2, 0.25) is 0 Å². The van der Waals surface area contributed by atoms with Crippen molar-refractivity contribution in [1.29, 1.82) is 0 Å². The molecule has 66 heavy (non-hydrogen) atoms. The third kappa shape index (κ3) is 8.64. The van der Waals surface area contributed by atoms with Crippen molar-refractivity contribution in [3.63, 3.8) is 0 Å². The van der Waals surface area contributed by atoms with Crippen LogP contribution in [0.1, 0.15) is 105 Å². The lowest BCUT2D eigenvalue weighted by atomic mass is 9.42. The van der Waals surface area contributed by atoms with Gasteiger partial charge in [0, 0.05) is 30.8 Å². The van der Waals surface area contributed by atoms with Crippen LogP contribution in [0.25, 0.3) is 0 Å². The molecular weight excluding hydrogens is 868 g/mol. The summed E-state index contributed by atoms with van der Waals surface area (Å²) in [5.74, 6) is 0.0825. The molecule has 0 radical (unpaired) electrons. The largest absolute Gasteiger partial charge is 0.458 e. The van der Waals surface area contributed by atoms with Gasteiger partial charge in [-0.25, -0.2) is 4.79 Å². The van der Waals surface area contributed by atoms with E-state index in [-0.39, 0.29) is 61.1 Å². The molecule has 0 spiro atoms. The first-order valence-electron chi connectivity index (χ1n) is 24.5. The fourth-order valence-corrected chi connectivity index (χ4v) is 14.3. The molecule has 19 heteroatoms. The minimum absolute atomic E-state index is 0.0188. The minimum atomic E-state index is -1.65. The zero-order chi connectivity index (χ0) is 47.2. The molecular formula is C47H74O19. The molecule has 0 amide bonds. The summed E-state index contributed by atoms with van der Waals surface area (Å²) in [5.41, 5.74) is -0.989. The molecule has 0 aromatic carbocycles. The first-order chi connectivity index (χ1) is 31.2. The maximum atomic E-state index is 12.6. The predicted octanol–water partition coefficient (Wildman–Crippen LogP) is 0.0423. The molecule has 0 aromatic heterocycles. The average Bonchev–Trinajstić information content (AvgIpc) is 3.82. The third-order valence-electron chi connectivity index (χ3n) is 18.1. The number of hydrogen-bond donors (Lipinski definition) is 9. The number of hydrogen-bond acceptors (Lipinski definition) is 19. The van der Waals surface area contributed by atoms with E-state index < -0.39 is 128 Å². The van der Waals surface area contributed by atoms with Gasteiger partial charge >= 0.3 is 5.97 Å². The Hall–Kier alpha value is -1.47. The number of aliphatic hydroxyl groups is 9. The average molecular weight is 943 g/mol. The molecule has 4 saturated carbocycles. The molecule has 9 N–H and O–H groups in total. The third-order valence-corrected chi connectivity index (χ3v) is 18.1. The molecule has 0 aromatic rings. The Morgan fingerprint density at radius 1 is 0.652 bits per heavy atom. The van der Waals surface area contributed by atoms with E-state index in [9.17, 15) is 50.8 Å². The standard InChI is InChI=1S/C47H74O19/c1-20-41(64-36-16-30(50)42(21(2)60-36)65-37-17-31(51)43(22(3)61-37)66-44-40(56)39(55)38(54)32(18-48)63-44)29(49)15-35(59-20)62-25-8-10-45(4)24(13-25)6-7-27-28(45)14-33(52)46(5)26(9-11-47(27,46)57)23-12-34(53)58-19-23/h12,20-22,24-33,35-44,48-52,54-57H,6-11,13-19H2,1-5H3/t20?,21?,22?,24?,25?,26-,27?,28?,29?,30?,31?,32?,33-,35?,36?,37?,38?,39?,40?,41?,42?,43?,44?,45-,46-,47?/m0/s1. The van der Waals surface area contributed by atoms with Crippen molar-refractivity contribution in [3.05, 3.63) is 11.6 Å². The van der Waals surface area contributed by atoms with Crippen LogP contribution in [0, 0.1) is 34.5 Å². The van der Waals surface area contributed by atoms with E-state index in [4.69, 9.17) is 42.6 Å². The lowest BCUT2D eigenvalue weighted by molar-refractivity contribution is -0.355. The van der Waals surface area contributed by atoms with Gasteiger partial charge in [0.25, 0.3) is 0 Å². The number of rotatable bonds is 10. The van der Waals surface area contributed by atoms with E-state index in [2.05, 4.69) is 6.92 Å². The minimum Gasteiger partial charge on any atom is -0.458 e. The second-order valence-corrected chi connectivity index (χ2v) is 21.6. The number of aliphatic hydroxyl groups excluding tert-OH is 8. The van der Waals surface area contributed by atoms with Gasteiger partial charge < -0.3 is 88.6 Å². The molecule has 22 unspecified atom stereocenters. The highest BCUT2D eigenvalue weighted by Gasteiger charge is 2.71. The van der Waals surface area contributed by atoms with Gasteiger partial charge in [0.05, 0.1) is 61.0 Å². The monoisotopic (exact) mass is 942 g/mol. The highest BCUT2D eigenvalue weighted by Crippen LogP contribution is 2.70. The van der Waals surface area contributed by atoms with Crippen LogP contribution in [-0.4, -0.2) is 187 Å². The lowest BCUT2D eigenvalue weighted by Crippen LogP contribution is -2.67. The van der Waals surface area contributed by atoms with Crippen LogP contribution >= 0.6 is 0 Å². The Bertz CT molecular complexity index is 1720. The van der Waals surface area contributed by atoms with Gasteiger partial charge in [-0.05, 0) is 107 Å². The van der Waals surface area contributed by atoms with Gasteiger partial charge in [-0.1, -0.05) is 13.8 Å². The van der Waals surface area contributed by atoms with Crippen LogP contribution < -0.4 is 0 Å². The van der Waals surface area contributed by atoms with Crippen molar-refractivity contribution >= 4 is 5.97 Å². The molecule has 5 aliphatic heterocycles. The maximum absolute atomic E-state index is 12.6. The highest BCUT2D eigenvalue weighted by molar-refractivity contribution is 5.85. The van der Waals surface area contributed by atoms with Crippen molar-refractivity contribution in [2.45, 2.75) is 228 Å². The number of cyclic esters (lactones) is 1. The van der Waals surface area contributed by atoms with Gasteiger partial charge in [0.2, 0.25) is 0 Å². The van der Waals surface area contributed by atoms with Crippen LogP contribution in [0.4, 0.5) is 0 Å². The molecule has 26 atom stereocenters. The fourth-order valence-electron chi connectivity index (χ4n) is 14.3. The molecule has 8 fully saturated rings. The van der Waals surface area contributed by atoms with Gasteiger partial charge in [-0.15, -0.1) is 0 Å². The van der Waals surface area contributed by atoms with Gasteiger partial charge in [0.1, 0.15) is 49.3 Å². The second kappa shape index (κ2) is 18.9. The zero-order valence-electron chi connectivity index (χ0n) is 38.7. The number of carbonyl (C=O) groups is 1. The van der Waals surface area contributed by atoms with E-state index >= 15 is 0 Å². The van der Waals surface area contributed by atoms with E-state index in [1.165, 1.54) is 0 Å². The van der Waals surface area contributed by atoms with Crippen molar-refractivity contribution in [3.8, 4) is 0 Å². The molecule has 376 valence electrons. The molecule has 9 aliphatic rings. The Kier molecular flexibility index (Phi) is 14.2. The number of fused-ring (bicyclic) bond motifs is 5. The molecule has 4 aliphatic carbocycles. The first-order valence-corrected chi connectivity index (χ1v) is 24.5. The van der Waals surface area contributed by atoms with E-state index in [1.807, 2.05) is 13.8 Å². The summed E-state index contributed by atoms with van der Waals surface area (Å²) in [5, 5.41) is 98.4. The smallest absolute Gasteiger partial charge is 0.331 e. The zero-order valence-corrected chi connectivity index (χ0v) is 38.7. The Morgan fingerprint density at radius 3 is 1.77 bits per heavy atom. The Morgan fingerprint density at radius 2 is 1.23 bits per heavy atom.